The van der Waals surface area contributed by atoms with Gasteiger partial charge in [-0.15, -0.1) is 0 Å². The molecule has 0 saturated carbocycles. The maximum atomic E-state index is 2.61. The van der Waals surface area contributed by atoms with E-state index in [1.807, 2.05) is 0 Å². The van der Waals surface area contributed by atoms with E-state index in [1.54, 1.807) is 10.7 Å². The van der Waals surface area contributed by atoms with E-state index in [2.05, 4.69) is 103 Å². The van der Waals surface area contributed by atoms with Crippen molar-refractivity contribution in [1.82, 2.24) is 4.90 Å². The predicted octanol–water partition coefficient (Wildman–Crippen LogP) is 4.03. The third-order valence-corrected chi connectivity index (χ3v) is 20.8. The normalized spacial score (nSPS) is 18.1. The first-order valence-corrected chi connectivity index (χ1v) is 17.0. The molecule has 1 atom stereocenters. The molecule has 1 unspecified atom stereocenters. The molecule has 1 fully saturated rings. The standard InChI is InChI=1S/C8H16N.3C6H5.Sn/c1-3-8-6-4-5-7-9(8)2;3*1-2-4-6-5-3-1;/h8H,1,3-7H2,2H3;3*1-5H;. The van der Waals surface area contributed by atoms with Crippen LogP contribution in [0, 0.1) is 0 Å². The van der Waals surface area contributed by atoms with Gasteiger partial charge in [-0.25, -0.2) is 0 Å². The van der Waals surface area contributed by atoms with E-state index in [0.717, 1.165) is 6.04 Å². The summed E-state index contributed by atoms with van der Waals surface area (Å²) >= 11 is -3.07. The molecule has 2 heteroatoms. The molecule has 0 aromatic heterocycles. The molecule has 28 heavy (non-hydrogen) atoms. The number of piperidine rings is 1. The molecule has 0 amide bonds. The summed E-state index contributed by atoms with van der Waals surface area (Å²) in [6, 6.07) is 35.0. The number of rotatable bonds is 6. The summed E-state index contributed by atoms with van der Waals surface area (Å²) in [4.78, 5) is 2.61. The Bertz CT molecular complexity index is 751. The summed E-state index contributed by atoms with van der Waals surface area (Å²) in [6.07, 6.45) is 5.42. The molecule has 1 heterocycles. The number of hydrogen-bond donors (Lipinski definition) is 0. The van der Waals surface area contributed by atoms with Gasteiger partial charge < -0.3 is 0 Å². The molecule has 0 radical (unpaired) electrons. The molecule has 1 aliphatic rings. The maximum absolute atomic E-state index is 3.07. The van der Waals surface area contributed by atoms with Crippen molar-refractivity contribution in [3.63, 3.8) is 0 Å². The van der Waals surface area contributed by atoms with Crippen molar-refractivity contribution in [1.29, 1.82) is 0 Å². The van der Waals surface area contributed by atoms with Crippen LogP contribution in [-0.2, 0) is 0 Å². The van der Waals surface area contributed by atoms with Crippen LogP contribution in [0.1, 0.15) is 25.7 Å². The Kier molecular flexibility index (Phi) is 6.54. The van der Waals surface area contributed by atoms with Crippen molar-refractivity contribution in [2.45, 2.75) is 36.2 Å². The van der Waals surface area contributed by atoms with Crippen LogP contribution < -0.4 is 10.7 Å². The van der Waals surface area contributed by atoms with Crippen LogP contribution in [0.2, 0.25) is 4.44 Å². The van der Waals surface area contributed by atoms with Gasteiger partial charge in [-0.2, -0.15) is 0 Å². The zero-order chi connectivity index (χ0) is 19.2. The van der Waals surface area contributed by atoms with E-state index in [4.69, 9.17) is 0 Å². The quantitative estimate of drug-likeness (QED) is 0.486. The van der Waals surface area contributed by atoms with E-state index in [-0.39, 0.29) is 0 Å². The summed E-state index contributed by atoms with van der Waals surface area (Å²) in [5, 5.41) is 0. The molecule has 144 valence electrons. The van der Waals surface area contributed by atoms with Crippen LogP contribution in [-0.4, -0.2) is 42.9 Å². The fraction of sp³-hybridized carbons (Fsp3) is 0.308. The van der Waals surface area contributed by atoms with E-state index >= 15 is 0 Å². The predicted molar refractivity (Wildman–Crippen MR) is 124 cm³/mol. The second-order valence-corrected chi connectivity index (χ2v) is 19.7. The van der Waals surface area contributed by atoms with Gasteiger partial charge in [-0.3, -0.25) is 0 Å². The van der Waals surface area contributed by atoms with Crippen molar-refractivity contribution in [3.05, 3.63) is 91.0 Å². The summed E-state index contributed by atoms with van der Waals surface area (Å²) in [7, 11) is 2.33. The molecule has 0 bridgehead atoms. The van der Waals surface area contributed by atoms with Gasteiger partial charge in [0, 0.05) is 0 Å². The fourth-order valence-electron chi connectivity index (χ4n) is 4.99. The second-order valence-electron chi connectivity index (χ2n) is 8.17. The van der Waals surface area contributed by atoms with Crippen LogP contribution in [0.15, 0.2) is 91.0 Å². The van der Waals surface area contributed by atoms with Crippen LogP contribution in [0.5, 0.6) is 0 Å². The number of benzene rings is 3. The molecule has 4 rings (SSSR count). The Balaban J connectivity index is 1.81. The summed E-state index contributed by atoms with van der Waals surface area (Å²) in [5.41, 5.74) is 0. The molecule has 1 aliphatic heterocycles. The Labute approximate surface area is 174 Å². The van der Waals surface area contributed by atoms with Gasteiger partial charge in [0.2, 0.25) is 0 Å². The fourth-order valence-corrected chi connectivity index (χ4v) is 19.0. The van der Waals surface area contributed by atoms with Gasteiger partial charge >= 0.3 is 175 Å². The Morgan fingerprint density at radius 1 is 0.714 bits per heavy atom. The molecule has 0 aliphatic carbocycles. The van der Waals surface area contributed by atoms with E-state index in [0.29, 0.717) is 0 Å². The summed E-state index contributed by atoms with van der Waals surface area (Å²) in [5.74, 6) is 0. The van der Waals surface area contributed by atoms with Gasteiger partial charge in [-0.05, 0) is 0 Å². The first-order valence-electron chi connectivity index (χ1n) is 10.7. The average molecular weight is 476 g/mol. The first kappa shape index (κ1) is 19.7. The molecule has 3 aromatic rings. The second kappa shape index (κ2) is 9.28. The molecule has 0 spiro atoms. The number of likely N-dealkylation sites (tertiary alicyclic amines) is 1. The van der Waals surface area contributed by atoms with Crippen molar-refractivity contribution in [3.8, 4) is 0 Å². The Morgan fingerprint density at radius 3 is 1.61 bits per heavy atom. The minimum absolute atomic E-state index is 0.737. The number of nitrogens with zero attached hydrogens (tertiary/aromatic N) is 1. The molecular formula is C26H31NSn. The summed E-state index contributed by atoms with van der Waals surface area (Å²) < 4.78 is 6.15. The molecule has 3 aromatic carbocycles. The third kappa shape index (κ3) is 4.06. The minimum atomic E-state index is -3.07. The van der Waals surface area contributed by atoms with Crippen LogP contribution >= 0.6 is 0 Å². The van der Waals surface area contributed by atoms with Crippen LogP contribution in [0.4, 0.5) is 0 Å². The molecule has 0 N–H and O–H groups in total. The van der Waals surface area contributed by atoms with E-state index in [9.17, 15) is 0 Å². The first-order chi connectivity index (χ1) is 13.8. The van der Waals surface area contributed by atoms with Crippen molar-refractivity contribution < 1.29 is 0 Å². The zero-order valence-electron chi connectivity index (χ0n) is 16.9. The molecular weight excluding hydrogens is 445 g/mol. The summed E-state index contributed by atoms with van der Waals surface area (Å²) in [6.45, 7) is 1.26. The van der Waals surface area contributed by atoms with Gasteiger partial charge in [0.25, 0.3) is 0 Å². The van der Waals surface area contributed by atoms with Crippen LogP contribution in [0.25, 0.3) is 0 Å². The van der Waals surface area contributed by atoms with Crippen molar-refractivity contribution in [2.24, 2.45) is 0 Å². The van der Waals surface area contributed by atoms with Gasteiger partial charge in [0.05, 0.1) is 0 Å². The monoisotopic (exact) mass is 477 g/mol. The topological polar surface area (TPSA) is 3.24 Å². The van der Waals surface area contributed by atoms with Crippen molar-refractivity contribution in [2.75, 3.05) is 13.6 Å². The SMILES string of the molecule is CN1CCCCC1C[CH2][Sn]([c]1ccccc1)([c]1ccccc1)[c]1ccccc1. The zero-order valence-corrected chi connectivity index (χ0v) is 19.8. The Hall–Kier alpha value is -1.58. The van der Waals surface area contributed by atoms with E-state index in [1.165, 1.54) is 36.7 Å². The van der Waals surface area contributed by atoms with E-state index < -0.39 is 18.4 Å². The van der Waals surface area contributed by atoms with Gasteiger partial charge in [0.1, 0.15) is 0 Å². The van der Waals surface area contributed by atoms with Crippen molar-refractivity contribution >= 4 is 29.1 Å². The Morgan fingerprint density at radius 2 is 1.18 bits per heavy atom. The molecule has 1 nitrogen and oxygen atoms in total. The molecule has 1 saturated heterocycles. The number of hydrogen-bond acceptors (Lipinski definition) is 1. The van der Waals surface area contributed by atoms with Gasteiger partial charge in [-0.1, -0.05) is 0 Å². The third-order valence-electron chi connectivity index (χ3n) is 6.57. The van der Waals surface area contributed by atoms with Gasteiger partial charge in [0.15, 0.2) is 0 Å². The average Bonchev–Trinajstić information content (AvgIpc) is 2.78. The van der Waals surface area contributed by atoms with Crippen LogP contribution in [0.3, 0.4) is 0 Å².